The van der Waals surface area contributed by atoms with Gasteiger partial charge < -0.3 is 15.6 Å². The first kappa shape index (κ1) is 16.3. The van der Waals surface area contributed by atoms with Crippen LogP contribution in [0.5, 0.6) is 0 Å². The summed E-state index contributed by atoms with van der Waals surface area (Å²) >= 11 is 1.66. The van der Waals surface area contributed by atoms with Crippen molar-refractivity contribution < 1.29 is 4.79 Å². The largest absolute Gasteiger partial charge is 0.368 e. The average molecular weight is 311 g/mol. The maximum absolute atomic E-state index is 11.6. The predicted molar refractivity (Wildman–Crippen MR) is 84.2 cm³/mol. The molecule has 0 spiro atoms. The number of hydrogen-bond acceptors (Lipinski definition) is 5. The topological polar surface area (TPSA) is 85.8 Å². The molecule has 1 amide bonds. The average Bonchev–Trinajstić information content (AvgIpc) is 2.68. The van der Waals surface area contributed by atoms with Gasteiger partial charge in [-0.2, -0.15) is 0 Å². The summed E-state index contributed by atoms with van der Waals surface area (Å²) in [7, 11) is 0. The first-order valence-corrected chi connectivity index (χ1v) is 8.65. The van der Waals surface area contributed by atoms with Crippen LogP contribution in [0.1, 0.15) is 45.4 Å². The smallest absolute Gasteiger partial charge is 0.237 e. The van der Waals surface area contributed by atoms with Crippen LogP contribution >= 0.6 is 11.8 Å². The molecular weight excluding hydrogens is 286 g/mol. The maximum atomic E-state index is 11.6. The van der Waals surface area contributed by atoms with Crippen LogP contribution in [0.25, 0.3) is 0 Å². The zero-order valence-corrected chi connectivity index (χ0v) is 13.7. The predicted octanol–water partition coefficient (Wildman–Crippen LogP) is 1.34. The molecule has 6 nitrogen and oxygen atoms in total. The van der Waals surface area contributed by atoms with Crippen LogP contribution in [0.2, 0.25) is 0 Å². The van der Waals surface area contributed by atoms with Crippen LogP contribution in [-0.4, -0.2) is 38.5 Å². The van der Waals surface area contributed by atoms with Gasteiger partial charge in [0.1, 0.15) is 5.82 Å². The minimum Gasteiger partial charge on any atom is -0.368 e. The van der Waals surface area contributed by atoms with Crippen molar-refractivity contribution in [2.45, 2.75) is 63.2 Å². The molecule has 2 heterocycles. The maximum Gasteiger partial charge on any atom is 0.237 e. The minimum atomic E-state index is -0.649. The number of rotatable bonds is 7. The number of amides is 1. The van der Waals surface area contributed by atoms with E-state index in [1.807, 2.05) is 13.8 Å². The van der Waals surface area contributed by atoms with E-state index in [0.29, 0.717) is 6.42 Å². The zero-order chi connectivity index (χ0) is 15.3. The summed E-state index contributed by atoms with van der Waals surface area (Å²) in [6.07, 6.45) is 5.35. The molecule has 0 saturated heterocycles. The summed E-state index contributed by atoms with van der Waals surface area (Å²) < 4.78 is 2.23. The lowest BCUT2D eigenvalue weighted by molar-refractivity contribution is -0.123. The number of thioether (sulfide) groups is 1. The van der Waals surface area contributed by atoms with Crippen molar-refractivity contribution in [1.82, 2.24) is 20.1 Å². The third kappa shape index (κ3) is 3.97. The van der Waals surface area contributed by atoms with Crippen molar-refractivity contribution in [1.29, 1.82) is 0 Å². The van der Waals surface area contributed by atoms with Crippen molar-refractivity contribution in [3.63, 3.8) is 0 Å². The summed E-state index contributed by atoms with van der Waals surface area (Å²) in [5.41, 5.74) is 4.85. The number of carbonyl (C=O) groups excluding carboxylic acids is 1. The second kappa shape index (κ2) is 7.26. The first-order chi connectivity index (χ1) is 10.1. The number of fused-ring (bicyclic) bond motifs is 1. The lowest BCUT2D eigenvalue weighted by Gasteiger charge is -2.26. The molecule has 0 bridgehead atoms. The molecule has 1 aliphatic heterocycles. The van der Waals surface area contributed by atoms with Crippen molar-refractivity contribution in [3.8, 4) is 0 Å². The van der Waals surface area contributed by atoms with Gasteiger partial charge in [0.2, 0.25) is 5.91 Å². The lowest BCUT2D eigenvalue weighted by atomic mass is 9.98. The fourth-order valence-corrected chi connectivity index (χ4v) is 3.74. The Balaban J connectivity index is 1.94. The molecule has 21 heavy (non-hydrogen) atoms. The molecule has 1 aliphatic rings. The van der Waals surface area contributed by atoms with E-state index >= 15 is 0 Å². The van der Waals surface area contributed by atoms with E-state index in [0.717, 1.165) is 36.2 Å². The fraction of sp³-hybridized carbons (Fsp3) is 0.786. The molecule has 0 radical (unpaired) electrons. The van der Waals surface area contributed by atoms with Crippen LogP contribution in [-0.2, 0) is 17.8 Å². The van der Waals surface area contributed by atoms with Gasteiger partial charge in [-0.25, -0.2) is 0 Å². The standard InChI is InChI=1S/C14H25N5OS/c1-3-16-14(2,12(15)20)8-10-21-13-18-17-11-7-5-4-6-9-19(11)13/h16H,3-10H2,1-2H3,(H2,15,20). The van der Waals surface area contributed by atoms with E-state index in [-0.39, 0.29) is 5.91 Å². The molecule has 1 aromatic heterocycles. The Bertz CT molecular complexity index is 490. The SMILES string of the molecule is CCNC(C)(CCSc1nnc2n1CCCCC2)C(N)=O. The number of nitrogens with zero attached hydrogens (tertiary/aromatic N) is 3. The molecule has 1 aromatic rings. The summed E-state index contributed by atoms with van der Waals surface area (Å²) in [6.45, 7) is 5.58. The number of aryl methyl sites for hydroxylation is 1. The van der Waals surface area contributed by atoms with Gasteiger partial charge in [0, 0.05) is 18.7 Å². The Kier molecular flexibility index (Phi) is 5.64. The van der Waals surface area contributed by atoms with Crippen LogP contribution in [0.4, 0.5) is 0 Å². The molecule has 0 saturated carbocycles. The summed E-state index contributed by atoms with van der Waals surface area (Å²) in [4.78, 5) is 11.6. The monoisotopic (exact) mass is 311 g/mol. The highest BCUT2D eigenvalue weighted by Gasteiger charge is 2.29. The normalized spacial score (nSPS) is 17.8. The summed E-state index contributed by atoms with van der Waals surface area (Å²) in [5, 5.41) is 12.7. The molecular formula is C14H25N5OS. The highest BCUT2D eigenvalue weighted by Crippen LogP contribution is 2.24. The molecule has 0 aliphatic carbocycles. The Hall–Kier alpha value is -1.08. The van der Waals surface area contributed by atoms with Crippen LogP contribution in [0.3, 0.4) is 0 Å². The van der Waals surface area contributed by atoms with E-state index in [4.69, 9.17) is 5.73 Å². The Morgan fingerprint density at radius 2 is 2.24 bits per heavy atom. The van der Waals surface area contributed by atoms with Gasteiger partial charge >= 0.3 is 0 Å². The van der Waals surface area contributed by atoms with Gasteiger partial charge in [0.05, 0.1) is 5.54 Å². The van der Waals surface area contributed by atoms with Gasteiger partial charge in [0.15, 0.2) is 5.16 Å². The van der Waals surface area contributed by atoms with E-state index < -0.39 is 5.54 Å². The molecule has 0 aromatic carbocycles. The van der Waals surface area contributed by atoms with Gasteiger partial charge in [-0.3, -0.25) is 4.79 Å². The van der Waals surface area contributed by atoms with Crippen LogP contribution < -0.4 is 11.1 Å². The van der Waals surface area contributed by atoms with Crippen LogP contribution in [0, 0.1) is 0 Å². The number of hydrogen-bond donors (Lipinski definition) is 2. The molecule has 1 unspecified atom stereocenters. The number of nitrogens with one attached hydrogen (secondary N) is 1. The molecule has 7 heteroatoms. The zero-order valence-electron chi connectivity index (χ0n) is 12.9. The minimum absolute atomic E-state index is 0.301. The quantitative estimate of drug-likeness (QED) is 0.742. The van der Waals surface area contributed by atoms with Gasteiger partial charge in [-0.05, 0) is 32.7 Å². The highest BCUT2D eigenvalue weighted by molar-refractivity contribution is 7.99. The van der Waals surface area contributed by atoms with Gasteiger partial charge in [-0.15, -0.1) is 10.2 Å². The van der Waals surface area contributed by atoms with Crippen molar-refractivity contribution >= 4 is 17.7 Å². The Morgan fingerprint density at radius 3 is 2.95 bits per heavy atom. The van der Waals surface area contributed by atoms with E-state index in [2.05, 4.69) is 20.1 Å². The summed E-state index contributed by atoms with van der Waals surface area (Å²) in [6, 6.07) is 0. The van der Waals surface area contributed by atoms with E-state index in [1.165, 1.54) is 19.3 Å². The number of carbonyl (C=O) groups is 1. The van der Waals surface area contributed by atoms with Gasteiger partial charge in [-0.1, -0.05) is 25.1 Å². The van der Waals surface area contributed by atoms with E-state index in [9.17, 15) is 4.79 Å². The lowest BCUT2D eigenvalue weighted by Crippen LogP contribution is -2.53. The molecule has 0 fully saturated rings. The van der Waals surface area contributed by atoms with E-state index in [1.54, 1.807) is 11.8 Å². The Labute approximate surface area is 130 Å². The number of aromatic nitrogens is 3. The first-order valence-electron chi connectivity index (χ1n) is 7.66. The number of nitrogens with two attached hydrogens (primary N) is 1. The third-order valence-electron chi connectivity index (χ3n) is 4.02. The molecule has 2 rings (SSSR count). The third-order valence-corrected chi connectivity index (χ3v) is 4.99. The second-order valence-electron chi connectivity index (χ2n) is 5.69. The van der Waals surface area contributed by atoms with Crippen LogP contribution in [0.15, 0.2) is 5.16 Å². The molecule has 1 atom stereocenters. The number of primary amides is 1. The highest BCUT2D eigenvalue weighted by atomic mass is 32.2. The second-order valence-corrected chi connectivity index (χ2v) is 6.75. The van der Waals surface area contributed by atoms with Crippen molar-refractivity contribution in [2.24, 2.45) is 5.73 Å². The number of likely N-dealkylation sites (N-methyl/N-ethyl adjacent to an activating group) is 1. The van der Waals surface area contributed by atoms with Crippen molar-refractivity contribution in [2.75, 3.05) is 12.3 Å². The molecule has 3 N–H and O–H groups in total. The van der Waals surface area contributed by atoms with Crippen molar-refractivity contribution in [3.05, 3.63) is 5.82 Å². The van der Waals surface area contributed by atoms with Gasteiger partial charge in [0.25, 0.3) is 0 Å². The fourth-order valence-electron chi connectivity index (χ4n) is 2.60. The summed E-state index contributed by atoms with van der Waals surface area (Å²) in [5.74, 6) is 1.59. The Morgan fingerprint density at radius 1 is 1.43 bits per heavy atom. The molecule has 118 valence electrons.